The first-order chi connectivity index (χ1) is 10.5. The monoisotopic (exact) mass is 317 g/mol. The third kappa shape index (κ3) is 3.25. The van der Waals surface area contributed by atoms with Gasteiger partial charge >= 0.3 is 0 Å². The minimum Gasteiger partial charge on any atom is -0.342 e. The summed E-state index contributed by atoms with van der Waals surface area (Å²) in [7, 11) is 1.76. The van der Waals surface area contributed by atoms with E-state index in [1.54, 1.807) is 52.9 Å². The molecule has 1 aliphatic rings. The van der Waals surface area contributed by atoms with Crippen LogP contribution in [-0.2, 0) is 4.79 Å². The van der Waals surface area contributed by atoms with Gasteiger partial charge in [0.2, 0.25) is 5.91 Å². The van der Waals surface area contributed by atoms with Gasteiger partial charge in [0.15, 0.2) is 0 Å². The van der Waals surface area contributed by atoms with Crippen LogP contribution >= 0.6 is 11.8 Å². The molecule has 2 amide bonds. The zero-order chi connectivity index (χ0) is 16.3. The maximum absolute atomic E-state index is 12.6. The molecule has 22 heavy (non-hydrogen) atoms. The largest absolute Gasteiger partial charge is 0.342 e. The van der Waals surface area contributed by atoms with E-state index < -0.39 is 6.04 Å². The fourth-order valence-electron chi connectivity index (χ4n) is 2.19. The lowest BCUT2D eigenvalue weighted by Crippen LogP contribution is -2.49. The SMILES string of the molecule is CC(C)N(C)C(=O)[C@@H]1CSCN1C(=O)c1ccc(C#N)cc1. The van der Waals surface area contributed by atoms with Crippen molar-refractivity contribution in [2.45, 2.75) is 25.9 Å². The molecule has 0 unspecified atom stereocenters. The van der Waals surface area contributed by atoms with E-state index >= 15 is 0 Å². The van der Waals surface area contributed by atoms with Gasteiger partial charge in [-0.15, -0.1) is 11.8 Å². The van der Waals surface area contributed by atoms with Crippen molar-refractivity contribution in [3.05, 3.63) is 35.4 Å². The molecule has 6 heteroatoms. The molecule has 2 rings (SSSR count). The lowest BCUT2D eigenvalue weighted by Gasteiger charge is -2.29. The molecule has 0 saturated carbocycles. The van der Waals surface area contributed by atoms with E-state index in [1.165, 1.54) is 0 Å². The average Bonchev–Trinajstić information content (AvgIpc) is 3.02. The summed E-state index contributed by atoms with van der Waals surface area (Å²) in [5.74, 6) is 0.950. The van der Waals surface area contributed by atoms with E-state index in [9.17, 15) is 9.59 Å². The van der Waals surface area contributed by atoms with Crippen molar-refractivity contribution in [1.82, 2.24) is 9.80 Å². The highest BCUT2D eigenvalue weighted by molar-refractivity contribution is 7.99. The number of carbonyl (C=O) groups is 2. The van der Waals surface area contributed by atoms with Gasteiger partial charge < -0.3 is 9.80 Å². The van der Waals surface area contributed by atoms with Crippen molar-refractivity contribution in [3.8, 4) is 6.07 Å². The fraction of sp³-hybridized carbons (Fsp3) is 0.438. The second-order valence-corrected chi connectivity index (χ2v) is 6.52. The van der Waals surface area contributed by atoms with Gasteiger partial charge in [0.25, 0.3) is 5.91 Å². The number of nitrogens with zero attached hydrogens (tertiary/aromatic N) is 3. The summed E-state index contributed by atoms with van der Waals surface area (Å²) in [6.45, 7) is 3.90. The highest BCUT2D eigenvalue weighted by atomic mass is 32.2. The van der Waals surface area contributed by atoms with Gasteiger partial charge in [-0.25, -0.2) is 0 Å². The van der Waals surface area contributed by atoms with Crippen molar-refractivity contribution in [2.24, 2.45) is 0 Å². The maximum Gasteiger partial charge on any atom is 0.255 e. The Balaban J connectivity index is 2.17. The summed E-state index contributed by atoms with van der Waals surface area (Å²) in [6.07, 6.45) is 0. The van der Waals surface area contributed by atoms with E-state index in [0.29, 0.717) is 22.8 Å². The van der Waals surface area contributed by atoms with E-state index in [2.05, 4.69) is 0 Å². The van der Waals surface area contributed by atoms with E-state index in [4.69, 9.17) is 5.26 Å². The summed E-state index contributed by atoms with van der Waals surface area (Å²) >= 11 is 1.58. The quantitative estimate of drug-likeness (QED) is 0.854. The molecule has 1 atom stereocenters. The van der Waals surface area contributed by atoms with E-state index in [1.807, 2.05) is 19.9 Å². The summed E-state index contributed by atoms with van der Waals surface area (Å²) in [4.78, 5) is 28.4. The number of benzene rings is 1. The first-order valence-electron chi connectivity index (χ1n) is 7.11. The number of nitriles is 1. The molecule has 0 spiro atoms. The number of thioether (sulfide) groups is 1. The number of amides is 2. The predicted molar refractivity (Wildman–Crippen MR) is 86.3 cm³/mol. The van der Waals surface area contributed by atoms with Crippen LogP contribution in [-0.4, -0.2) is 52.4 Å². The zero-order valence-corrected chi connectivity index (χ0v) is 13.8. The molecule has 1 heterocycles. The van der Waals surface area contributed by atoms with Crippen LogP contribution in [0.25, 0.3) is 0 Å². The van der Waals surface area contributed by atoms with Crippen LogP contribution < -0.4 is 0 Å². The van der Waals surface area contributed by atoms with Crippen LogP contribution in [0.2, 0.25) is 0 Å². The Labute approximate surface area is 134 Å². The molecule has 1 aromatic rings. The minimum absolute atomic E-state index is 0.0259. The molecular weight excluding hydrogens is 298 g/mol. The Bertz CT molecular complexity index is 607. The second kappa shape index (κ2) is 6.84. The lowest BCUT2D eigenvalue weighted by molar-refractivity contribution is -0.135. The second-order valence-electron chi connectivity index (χ2n) is 5.52. The molecule has 116 valence electrons. The summed E-state index contributed by atoms with van der Waals surface area (Å²) in [6, 6.07) is 8.22. The summed E-state index contributed by atoms with van der Waals surface area (Å²) in [5, 5.41) is 8.81. The van der Waals surface area contributed by atoms with Crippen LogP contribution in [0.5, 0.6) is 0 Å². The molecule has 5 nitrogen and oxygen atoms in total. The van der Waals surface area contributed by atoms with Crippen LogP contribution in [0.4, 0.5) is 0 Å². The number of carbonyl (C=O) groups excluding carboxylic acids is 2. The van der Waals surface area contributed by atoms with Crippen LogP contribution in [0.3, 0.4) is 0 Å². The van der Waals surface area contributed by atoms with Crippen LogP contribution in [0.15, 0.2) is 24.3 Å². The van der Waals surface area contributed by atoms with Gasteiger partial charge in [-0.2, -0.15) is 5.26 Å². The molecule has 1 aromatic carbocycles. The smallest absolute Gasteiger partial charge is 0.255 e. The number of hydrogen-bond donors (Lipinski definition) is 0. The standard InChI is InChI=1S/C16H19N3O2S/c1-11(2)18(3)16(21)14-9-22-10-19(14)15(20)13-6-4-12(8-17)5-7-13/h4-7,11,14H,9-10H2,1-3H3/t14-/m0/s1. The van der Waals surface area contributed by atoms with Crippen molar-refractivity contribution >= 4 is 23.6 Å². The van der Waals surface area contributed by atoms with E-state index in [0.717, 1.165) is 0 Å². The molecule has 0 N–H and O–H groups in total. The van der Waals surface area contributed by atoms with Crippen LogP contribution in [0, 0.1) is 11.3 Å². The predicted octanol–water partition coefficient (Wildman–Crippen LogP) is 1.94. The van der Waals surface area contributed by atoms with Crippen molar-refractivity contribution in [1.29, 1.82) is 5.26 Å². The molecule has 0 aliphatic carbocycles. The van der Waals surface area contributed by atoms with Gasteiger partial charge in [0.1, 0.15) is 6.04 Å². The maximum atomic E-state index is 12.6. The Kier molecular flexibility index (Phi) is 5.09. The third-order valence-electron chi connectivity index (χ3n) is 3.81. The van der Waals surface area contributed by atoms with Gasteiger partial charge in [0.05, 0.1) is 17.5 Å². The van der Waals surface area contributed by atoms with Crippen molar-refractivity contribution in [2.75, 3.05) is 18.7 Å². The first kappa shape index (κ1) is 16.4. The summed E-state index contributed by atoms with van der Waals surface area (Å²) < 4.78 is 0. The number of rotatable bonds is 3. The highest BCUT2D eigenvalue weighted by Gasteiger charge is 2.37. The van der Waals surface area contributed by atoms with Gasteiger partial charge in [-0.3, -0.25) is 9.59 Å². The molecular formula is C16H19N3O2S. The first-order valence-corrected chi connectivity index (χ1v) is 8.26. The number of likely N-dealkylation sites (N-methyl/N-ethyl adjacent to an activating group) is 1. The molecule has 1 saturated heterocycles. The van der Waals surface area contributed by atoms with Crippen molar-refractivity contribution < 1.29 is 9.59 Å². The average molecular weight is 317 g/mol. The van der Waals surface area contributed by atoms with Crippen molar-refractivity contribution in [3.63, 3.8) is 0 Å². The molecule has 1 aliphatic heterocycles. The Hall–Kier alpha value is -2.00. The van der Waals surface area contributed by atoms with E-state index in [-0.39, 0.29) is 17.9 Å². The Morgan fingerprint density at radius 2 is 2.00 bits per heavy atom. The Morgan fingerprint density at radius 1 is 1.36 bits per heavy atom. The summed E-state index contributed by atoms with van der Waals surface area (Å²) in [5.41, 5.74) is 1.02. The lowest BCUT2D eigenvalue weighted by atomic mass is 10.1. The molecule has 0 radical (unpaired) electrons. The minimum atomic E-state index is -0.416. The highest BCUT2D eigenvalue weighted by Crippen LogP contribution is 2.25. The fourth-order valence-corrected chi connectivity index (χ4v) is 3.34. The molecule has 0 aromatic heterocycles. The van der Waals surface area contributed by atoms with Gasteiger partial charge in [0, 0.05) is 24.4 Å². The normalized spacial score (nSPS) is 17.4. The van der Waals surface area contributed by atoms with Gasteiger partial charge in [-0.05, 0) is 38.1 Å². The third-order valence-corrected chi connectivity index (χ3v) is 4.82. The zero-order valence-electron chi connectivity index (χ0n) is 12.9. The molecule has 1 fully saturated rings. The number of hydrogen-bond acceptors (Lipinski definition) is 4. The topological polar surface area (TPSA) is 64.4 Å². The molecule has 0 bridgehead atoms. The Morgan fingerprint density at radius 3 is 2.55 bits per heavy atom. The van der Waals surface area contributed by atoms with Crippen LogP contribution in [0.1, 0.15) is 29.8 Å². The van der Waals surface area contributed by atoms with Gasteiger partial charge in [-0.1, -0.05) is 0 Å².